The Hall–Kier alpha value is -0.630. The quantitative estimate of drug-likeness (QED) is 0.419. The Labute approximate surface area is 149 Å². The van der Waals surface area contributed by atoms with Crippen molar-refractivity contribution in [2.75, 3.05) is 27.0 Å². The van der Waals surface area contributed by atoms with E-state index in [0.29, 0.717) is 0 Å². The van der Waals surface area contributed by atoms with Gasteiger partial charge in [-0.15, -0.1) is 24.0 Å². The van der Waals surface area contributed by atoms with Crippen molar-refractivity contribution in [3.05, 3.63) is 29.8 Å². The van der Waals surface area contributed by atoms with E-state index in [1.54, 1.807) is 14.2 Å². The summed E-state index contributed by atoms with van der Waals surface area (Å²) in [4.78, 5) is 4.24. The molecule has 1 rings (SSSR count). The highest BCUT2D eigenvalue weighted by molar-refractivity contribution is 14.0. The second-order valence-electron chi connectivity index (χ2n) is 5.09. The molecule has 0 amide bonds. The lowest BCUT2D eigenvalue weighted by molar-refractivity contribution is 0.414. The molecule has 0 aromatic heterocycles. The normalized spacial score (nSPS) is 11.6. The molecule has 0 fully saturated rings. The Kier molecular flexibility index (Phi) is 9.85. The predicted octanol–water partition coefficient (Wildman–Crippen LogP) is 3.12. The summed E-state index contributed by atoms with van der Waals surface area (Å²) in [5.41, 5.74) is 1.16. The number of benzene rings is 1. The Morgan fingerprint density at radius 2 is 2.05 bits per heavy atom. The number of aliphatic imine (C=N–C) groups is 1. The molecule has 0 saturated carbocycles. The van der Waals surface area contributed by atoms with Crippen molar-refractivity contribution >= 4 is 41.7 Å². The first-order valence-corrected chi connectivity index (χ1v) is 7.86. The summed E-state index contributed by atoms with van der Waals surface area (Å²) in [5.74, 6) is 1.69. The van der Waals surface area contributed by atoms with Crippen LogP contribution in [0.3, 0.4) is 0 Å². The minimum Gasteiger partial charge on any atom is -0.497 e. The lowest BCUT2D eigenvalue weighted by Gasteiger charge is -2.23. The first-order chi connectivity index (χ1) is 9.50. The summed E-state index contributed by atoms with van der Waals surface area (Å²) >= 11 is 1.84. The SMILES string of the molecule is CN=C(NCc1cccc(OC)c1)NCC(C)(C)SC.I. The number of hydrogen-bond donors (Lipinski definition) is 2. The second-order valence-corrected chi connectivity index (χ2v) is 6.61. The third-order valence-electron chi connectivity index (χ3n) is 3.05. The van der Waals surface area contributed by atoms with Crippen LogP contribution < -0.4 is 15.4 Å². The van der Waals surface area contributed by atoms with Gasteiger partial charge in [0.15, 0.2) is 5.96 Å². The molecule has 0 aliphatic heterocycles. The summed E-state index contributed by atoms with van der Waals surface area (Å²) in [6, 6.07) is 8.02. The molecule has 1 aromatic rings. The predicted molar refractivity (Wildman–Crippen MR) is 104 cm³/mol. The number of guanidine groups is 1. The van der Waals surface area contributed by atoms with E-state index < -0.39 is 0 Å². The zero-order valence-corrected chi connectivity index (χ0v) is 16.5. The smallest absolute Gasteiger partial charge is 0.191 e. The molecule has 0 atom stereocenters. The lowest BCUT2D eigenvalue weighted by atomic mass is 10.2. The average Bonchev–Trinajstić information content (AvgIpc) is 2.47. The van der Waals surface area contributed by atoms with Gasteiger partial charge in [-0.3, -0.25) is 4.99 Å². The number of nitrogens with one attached hydrogen (secondary N) is 2. The van der Waals surface area contributed by atoms with Crippen LogP contribution in [0.25, 0.3) is 0 Å². The zero-order valence-electron chi connectivity index (χ0n) is 13.4. The molecule has 21 heavy (non-hydrogen) atoms. The van der Waals surface area contributed by atoms with Crippen molar-refractivity contribution in [2.45, 2.75) is 25.1 Å². The largest absolute Gasteiger partial charge is 0.497 e. The van der Waals surface area contributed by atoms with E-state index in [4.69, 9.17) is 4.74 Å². The van der Waals surface area contributed by atoms with Gasteiger partial charge in [0.1, 0.15) is 5.75 Å². The van der Waals surface area contributed by atoms with Crippen molar-refractivity contribution in [3.8, 4) is 5.75 Å². The molecule has 0 aliphatic carbocycles. The summed E-state index contributed by atoms with van der Waals surface area (Å²) in [6.45, 7) is 6.00. The minimum absolute atomic E-state index is 0. The van der Waals surface area contributed by atoms with Gasteiger partial charge in [0.05, 0.1) is 7.11 Å². The van der Waals surface area contributed by atoms with Crippen molar-refractivity contribution in [1.82, 2.24) is 10.6 Å². The maximum Gasteiger partial charge on any atom is 0.191 e. The highest BCUT2D eigenvalue weighted by atomic mass is 127. The maximum atomic E-state index is 5.22. The summed E-state index contributed by atoms with van der Waals surface area (Å²) in [6.07, 6.45) is 2.12. The number of halogens is 1. The summed E-state index contributed by atoms with van der Waals surface area (Å²) < 4.78 is 5.41. The van der Waals surface area contributed by atoms with E-state index in [1.165, 1.54) is 0 Å². The van der Waals surface area contributed by atoms with E-state index in [9.17, 15) is 0 Å². The molecule has 4 nitrogen and oxygen atoms in total. The molecule has 0 radical (unpaired) electrons. The number of rotatable bonds is 6. The van der Waals surface area contributed by atoms with Crippen LogP contribution in [0.4, 0.5) is 0 Å². The first kappa shape index (κ1) is 20.4. The summed E-state index contributed by atoms with van der Waals surface area (Å²) in [5, 5.41) is 6.65. The molecule has 0 heterocycles. The van der Waals surface area contributed by atoms with Crippen LogP contribution in [-0.2, 0) is 6.54 Å². The summed E-state index contributed by atoms with van der Waals surface area (Å²) in [7, 11) is 3.46. The monoisotopic (exact) mass is 423 g/mol. The van der Waals surface area contributed by atoms with E-state index in [0.717, 1.165) is 30.4 Å². The van der Waals surface area contributed by atoms with Crippen LogP contribution in [-0.4, -0.2) is 37.7 Å². The maximum absolute atomic E-state index is 5.22. The van der Waals surface area contributed by atoms with Gasteiger partial charge >= 0.3 is 0 Å². The zero-order chi connectivity index (χ0) is 15.0. The van der Waals surface area contributed by atoms with E-state index in [-0.39, 0.29) is 28.7 Å². The molecule has 120 valence electrons. The first-order valence-electron chi connectivity index (χ1n) is 6.63. The van der Waals surface area contributed by atoms with Gasteiger partial charge in [-0.1, -0.05) is 12.1 Å². The molecule has 0 bridgehead atoms. The van der Waals surface area contributed by atoms with Gasteiger partial charge < -0.3 is 15.4 Å². The van der Waals surface area contributed by atoms with Gasteiger partial charge in [-0.05, 0) is 37.8 Å². The van der Waals surface area contributed by atoms with E-state index in [2.05, 4.69) is 41.8 Å². The third kappa shape index (κ3) is 7.80. The van der Waals surface area contributed by atoms with Crippen LogP contribution in [0.15, 0.2) is 29.3 Å². The van der Waals surface area contributed by atoms with Crippen LogP contribution in [0.5, 0.6) is 5.75 Å². The van der Waals surface area contributed by atoms with Gasteiger partial charge in [0.25, 0.3) is 0 Å². The average molecular weight is 423 g/mol. The topological polar surface area (TPSA) is 45.7 Å². The molecular formula is C15H26IN3OS. The van der Waals surface area contributed by atoms with Gasteiger partial charge in [0, 0.05) is 24.9 Å². The van der Waals surface area contributed by atoms with Gasteiger partial charge in [0.2, 0.25) is 0 Å². The van der Waals surface area contributed by atoms with Gasteiger partial charge in [-0.25, -0.2) is 0 Å². The molecule has 0 unspecified atom stereocenters. The van der Waals surface area contributed by atoms with E-state index in [1.807, 2.05) is 30.0 Å². The molecule has 0 aliphatic rings. The third-order valence-corrected chi connectivity index (χ3v) is 4.30. The Bertz CT molecular complexity index is 452. The molecule has 2 N–H and O–H groups in total. The fraction of sp³-hybridized carbons (Fsp3) is 0.533. The molecular weight excluding hydrogens is 397 g/mol. The number of nitrogens with zero attached hydrogens (tertiary/aromatic N) is 1. The van der Waals surface area contributed by atoms with Crippen molar-refractivity contribution in [1.29, 1.82) is 0 Å². The van der Waals surface area contributed by atoms with Crippen molar-refractivity contribution < 1.29 is 4.74 Å². The lowest BCUT2D eigenvalue weighted by Crippen LogP contribution is -2.42. The molecule has 1 aromatic carbocycles. The van der Waals surface area contributed by atoms with Crippen LogP contribution in [0.2, 0.25) is 0 Å². The number of thioether (sulfide) groups is 1. The highest BCUT2D eigenvalue weighted by Gasteiger charge is 2.15. The van der Waals surface area contributed by atoms with E-state index >= 15 is 0 Å². The number of ether oxygens (including phenoxy) is 1. The molecule has 6 heteroatoms. The van der Waals surface area contributed by atoms with Crippen LogP contribution in [0.1, 0.15) is 19.4 Å². The van der Waals surface area contributed by atoms with Crippen molar-refractivity contribution in [2.24, 2.45) is 4.99 Å². The highest BCUT2D eigenvalue weighted by Crippen LogP contribution is 2.19. The number of hydrogen-bond acceptors (Lipinski definition) is 3. The molecule has 0 saturated heterocycles. The minimum atomic E-state index is 0. The van der Waals surface area contributed by atoms with Gasteiger partial charge in [-0.2, -0.15) is 11.8 Å². The Balaban J connectivity index is 0.00000400. The molecule has 0 spiro atoms. The fourth-order valence-corrected chi connectivity index (χ4v) is 1.77. The Morgan fingerprint density at radius 1 is 1.33 bits per heavy atom. The van der Waals surface area contributed by atoms with Crippen LogP contribution >= 0.6 is 35.7 Å². The standard InChI is InChI=1S/C15H25N3OS.HI/c1-15(2,20-5)11-18-14(16-3)17-10-12-7-6-8-13(9-12)19-4;/h6-9H,10-11H2,1-5H3,(H2,16,17,18);1H. The Morgan fingerprint density at radius 3 is 2.62 bits per heavy atom. The number of methoxy groups -OCH3 is 1. The fourth-order valence-electron chi connectivity index (χ4n) is 1.56. The van der Waals surface area contributed by atoms with Crippen LogP contribution in [0, 0.1) is 0 Å². The van der Waals surface area contributed by atoms with Crippen molar-refractivity contribution in [3.63, 3.8) is 0 Å². The second kappa shape index (κ2) is 10.2.